The molecular formula is C23H23N7O2. The molecule has 9 heteroatoms. The van der Waals surface area contributed by atoms with Gasteiger partial charge in [0.1, 0.15) is 0 Å². The van der Waals surface area contributed by atoms with Gasteiger partial charge in [-0.25, -0.2) is 14.5 Å². The fourth-order valence-electron chi connectivity index (χ4n) is 4.01. The number of rotatable bonds is 6. The molecular weight excluding hydrogens is 406 g/mol. The first-order valence-corrected chi connectivity index (χ1v) is 10.3. The third kappa shape index (κ3) is 3.97. The quantitative estimate of drug-likeness (QED) is 0.484. The lowest BCUT2D eigenvalue weighted by Gasteiger charge is -2.28. The predicted molar refractivity (Wildman–Crippen MR) is 121 cm³/mol. The maximum Gasteiger partial charge on any atom is 0.245 e. The number of carbonyl (C=O) groups excluding carboxylic acids is 1. The molecule has 0 bridgehead atoms. The standard InChI is InChI=1S/C23H23N7O2/c1-32-22-7-3-16(11-25-22)20-6-5-19-12-26-23(28-30(19)20)27-18-4-2-15-8-9-29(14-21(24)31)13-17(15)10-18/h2-7,10-12H,8-9,13-14H2,1H3,(H2,24,31)(H,27,28). The van der Waals surface area contributed by atoms with Gasteiger partial charge in [-0.2, -0.15) is 0 Å². The maximum atomic E-state index is 11.3. The molecule has 4 heterocycles. The number of carbonyl (C=O) groups is 1. The van der Waals surface area contributed by atoms with Crippen LogP contribution in [0.15, 0.2) is 54.9 Å². The Kier molecular flexibility index (Phi) is 5.16. The average molecular weight is 429 g/mol. The molecule has 0 aliphatic carbocycles. The van der Waals surface area contributed by atoms with Gasteiger partial charge in [0.2, 0.25) is 17.7 Å². The number of nitrogens with zero attached hydrogens (tertiary/aromatic N) is 5. The molecule has 32 heavy (non-hydrogen) atoms. The summed E-state index contributed by atoms with van der Waals surface area (Å²) in [7, 11) is 1.59. The highest BCUT2D eigenvalue weighted by Crippen LogP contribution is 2.26. The molecule has 1 aliphatic heterocycles. The van der Waals surface area contributed by atoms with Crippen molar-refractivity contribution in [3.63, 3.8) is 0 Å². The fraction of sp³-hybridized carbons (Fsp3) is 0.217. The SMILES string of the molecule is COc1ccc(-c2ccc3cnc(Nc4ccc5c(c4)CN(CC(N)=O)CC5)nn23)cn1. The van der Waals surface area contributed by atoms with Crippen LogP contribution in [0.1, 0.15) is 11.1 Å². The third-order valence-corrected chi connectivity index (χ3v) is 5.57. The summed E-state index contributed by atoms with van der Waals surface area (Å²) in [6.07, 6.45) is 4.44. The average Bonchev–Trinajstić information content (AvgIpc) is 3.22. The number of nitrogens with two attached hydrogens (primary N) is 1. The molecule has 5 rings (SSSR count). The summed E-state index contributed by atoms with van der Waals surface area (Å²) in [6.45, 7) is 1.80. The van der Waals surface area contributed by atoms with Crippen LogP contribution in [0.3, 0.4) is 0 Å². The zero-order chi connectivity index (χ0) is 22.1. The van der Waals surface area contributed by atoms with Crippen molar-refractivity contribution in [3.8, 4) is 17.1 Å². The number of methoxy groups -OCH3 is 1. The Hall–Kier alpha value is -3.98. The van der Waals surface area contributed by atoms with E-state index >= 15 is 0 Å². The van der Waals surface area contributed by atoms with Crippen LogP contribution < -0.4 is 15.8 Å². The van der Waals surface area contributed by atoms with Gasteiger partial charge in [-0.15, -0.1) is 5.10 Å². The number of fused-ring (bicyclic) bond motifs is 2. The molecule has 1 aliphatic rings. The number of primary amides is 1. The Morgan fingerprint density at radius 3 is 2.81 bits per heavy atom. The van der Waals surface area contributed by atoms with Crippen LogP contribution in [0.2, 0.25) is 0 Å². The summed E-state index contributed by atoms with van der Waals surface area (Å²) >= 11 is 0. The number of ether oxygens (including phenoxy) is 1. The molecule has 0 fully saturated rings. The largest absolute Gasteiger partial charge is 0.481 e. The molecule has 0 atom stereocenters. The van der Waals surface area contributed by atoms with E-state index in [-0.39, 0.29) is 12.5 Å². The van der Waals surface area contributed by atoms with Gasteiger partial charge >= 0.3 is 0 Å². The van der Waals surface area contributed by atoms with E-state index in [2.05, 4.69) is 37.4 Å². The number of pyridine rings is 1. The second-order valence-electron chi connectivity index (χ2n) is 7.76. The van der Waals surface area contributed by atoms with Gasteiger partial charge in [0, 0.05) is 36.6 Å². The monoisotopic (exact) mass is 429 g/mol. The minimum Gasteiger partial charge on any atom is -0.481 e. The molecule has 1 aromatic carbocycles. The van der Waals surface area contributed by atoms with E-state index in [9.17, 15) is 4.79 Å². The van der Waals surface area contributed by atoms with E-state index in [0.717, 1.165) is 35.4 Å². The normalized spacial score (nSPS) is 13.7. The minimum absolute atomic E-state index is 0.271. The number of amides is 1. The van der Waals surface area contributed by atoms with Crippen LogP contribution >= 0.6 is 0 Å². The summed E-state index contributed by atoms with van der Waals surface area (Å²) in [5.41, 5.74) is 11.4. The highest BCUT2D eigenvalue weighted by Gasteiger charge is 2.18. The topological polar surface area (TPSA) is 111 Å². The van der Waals surface area contributed by atoms with Crippen LogP contribution in [0.5, 0.6) is 5.88 Å². The van der Waals surface area contributed by atoms with Gasteiger partial charge in [-0.1, -0.05) is 6.07 Å². The van der Waals surface area contributed by atoms with Crippen molar-refractivity contribution < 1.29 is 9.53 Å². The molecule has 0 unspecified atom stereocenters. The first-order valence-electron chi connectivity index (χ1n) is 10.3. The second-order valence-corrected chi connectivity index (χ2v) is 7.76. The van der Waals surface area contributed by atoms with E-state index in [1.807, 2.05) is 34.8 Å². The van der Waals surface area contributed by atoms with Crippen LogP contribution in [-0.2, 0) is 17.8 Å². The van der Waals surface area contributed by atoms with Gasteiger partial charge < -0.3 is 15.8 Å². The van der Waals surface area contributed by atoms with Crippen LogP contribution in [-0.4, -0.2) is 50.6 Å². The highest BCUT2D eigenvalue weighted by molar-refractivity contribution is 5.76. The zero-order valence-corrected chi connectivity index (χ0v) is 17.7. The van der Waals surface area contributed by atoms with E-state index in [1.54, 1.807) is 19.5 Å². The zero-order valence-electron chi connectivity index (χ0n) is 17.7. The minimum atomic E-state index is -0.306. The van der Waals surface area contributed by atoms with E-state index in [1.165, 1.54) is 11.1 Å². The van der Waals surface area contributed by atoms with Crippen molar-refractivity contribution >= 4 is 23.1 Å². The van der Waals surface area contributed by atoms with Crippen molar-refractivity contribution in [1.29, 1.82) is 0 Å². The van der Waals surface area contributed by atoms with Crippen molar-refractivity contribution in [2.45, 2.75) is 13.0 Å². The van der Waals surface area contributed by atoms with Gasteiger partial charge in [-0.05, 0) is 47.9 Å². The second kappa shape index (κ2) is 8.27. The Labute approximate surface area is 184 Å². The van der Waals surface area contributed by atoms with Gasteiger partial charge in [0.15, 0.2) is 0 Å². The van der Waals surface area contributed by atoms with Crippen LogP contribution in [0, 0.1) is 0 Å². The summed E-state index contributed by atoms with van der Waals surface area (Å²) in [5.74, 6) is 0.744. The highest BCUT2D eigenvalue weighted by atomic mass is 16.5. The van der Waals surface area contributed by atoms with Crippen molar-refractivity contribution in [2.75, 3.05) is 25.5 Å². The molecule has 9 nitrogen and oxygen atoms in total. The molecule has 3 N–H and O–H groups in total. The summed E-state index contributed by atoms with van der Waals surface area (Å²) < 4.78 is 6.98. The van der Waals surface area contributed by atoms with E-state index in [0.29, 0.717) is 18.4 Å². The van der Waals surface area contributed by atoms with Gasteiger partial charge in [0.05, 0.1) is 31.1 Å². The Bertz CT molecular complexity index is 1280. The summed E-state index contributed by atoms with van der Waals surface area (Å²) in [4.78, 5) is 22.1. The number of aromatic nitrogens is 4. The number of anilines is 2. The van der Waals surface area contributed by atoms with Gasteiger partial charge in [0.25, 0.3) is 0 Å². The van der Waals surface area contributed by atoms with Crippen LogP contribution in [0.4, 0.5) is 11.6 Å². The number of hydrogen-bond acceptors (Lipinski definition) is 7. The maximum absolute atomic E-state index is 11.3. The number of nitrogens with one attached hydrogen (secondary N) is 1. The molecule has 4 aromatic rings. The lowest BCUT2D eigenvalue weighted by atomic mass is 9.99. The summed E-state index contributed by atoms with van der Waals surface area (Å²) in [5, 5.41) is 7.98. The third-order valence-electron chi connectivity index (χ3n) is 5.57. The van der Waals surface area contributed by atoms with Crippen molar-refractivity contribution in [3.05, 3.63) is 66.0 Å². The number of hydrogen-bond donors (Lipinski definition) is 2. The first kappa shape index (κ1) is 20.0. The Balaban J connectivity index is 1.40. The Morgan fingerprint density at radius 1 is 1.12 bits per heavy atom. The van der Waals surface area contributed by atoms with Crippen molar-refractivity contribution in [2.24, 2.45) is 5.73 Å². The molecule has 0 saturated heterocycles. The Morgan fingerprint density at radius 2 is 2.03 bits per heavy atom. The van der Waals surface area contributed by atoms with E-state index in [4.69, 9.17) is 10.5 Å². The molecule has 0 spiro atoms. The molecule has 3 aromatic heterocycles. The molecule has 162 valence electrons. The van der Waals surface area contributed by atoms with Crippen molar-refractivity contribution in [1.82, 2.24) is 24.5 Å². The van der Waals surface area contributed by atoms with Crippen LogP contribution in [0.25, 0.3) is 16.8 Å². The molecule has 0 saturated carbocycles. The lowest BCUT2D eigenvalue weighted by Crippen LogP contribution is -2.37. The number of benzene rings is 1. The molecule has 1 amide bonds. The lowest BCUT2D eigenvalue weighted by molar-refractivity contribution is -0.119. The van der Waals surface area contributed by atoms with Gasteiger partial charge in [-0.3, -0.25) is 9.69 Å². The first-order chi connectivity index (χ1) is 15.6. The predicted octanol–water partition coefficient (Wildman–Crippen LogP) is 2.39. The van der Waals surface area contributed by atoms with E-state index < -0.39 is 0 Å². The fourth-order valence-corrected chi connectivity index (χ4v) is 4.01. The summed E-state index contributed by atoms with van der Waals surface area (Å²) in [6, 6.07) is 14.0. The molecule has 0 radical (unpaired) electrons. The smallest absolute Gasteiger partial charge is 0.245 e.